The molecule has 3 heterocycles. The minimum atomic E-state index is -0.304. The number of imidazole rings is 1. The molecule has 29 heavy (non-hydrogen) atoms. The van der Waals surface area contributed by atoms with Gasteiger partial charge in [0.2, 0.25) is 5.95 Å². The molecule has 4 aromatic rings. The fourth-order valence-electron chi connectivity index (χ4n) is 4.02. The molecule has 0 unspecified atom stereocenters. The summed E-state index contributed by atoms with van der Waals surface area (Å²) in [4.78, 5) is 22.7. The first kappa shape index (κ1) is 17.8. The standard InChI is InChI=1S/C22H23N5O2/c1-26-20-5-4-16(11-19(20)25-22(26)27-9-7-17(28)13-27)21(29)24-12-14-2-3-15-6-8-23-18(15)10-14/h2-6,8,10-11,17,23,28H,7,9,12-13H2,1H3,(H,24,29)/t17-/m0/s1. The van der Waals surface area contributed by atoms with Crippen LogP contribution in [0.3, 0.4) is 0 Å². The van der Waals surface area contributed by atoms with Crippen molar-refractivity contribution >= 4 is 33.8 Å². The second-order valence-corrected chi connectivity index (χ2v) is 7.64. The van der Waals surface area contributed by atoms with Crippen LogP contribution in [-0.2, 0) is 13.6 Å². The van der Waals surface area contributed by atoms with Gasteiger partial charge in [-0.1, -0.05) is 12.1 Å². The van der Waals surface area contributed by atoms with E-state index in [4.69, 9.17) is 4.98 Å². The van der Waals surface area contributed by atoms with Gasteiger partial charge in [-0.25, -0.2) is 4.98 Å². The Morgan fingerprint density at radius 3 is 3.00 bits per heavy atom. The van der Waals surface area contributed by atoms with E-state index in [2.05, 4.69) is 15.2 Å². The second kappa shape index (κ2) is 6.93. The molecule has 0 radical (unpaired) electrons. The highest BCUT2D eigenvalue weighted by molar-refractivity contribution is 5.97. The van der Waals surface area contributed by atoms with Crippen molar-refractivity contribution in [1.29, 1.82) is 0 Å². The summed E-state index contributed by atoms with van der Waals surface area (Å²) in [5.41, 5.74) is 4.44. The van der Waals surface area contributed by atoms with Gasteiger partial charge in [0.1, 0.15) is 0 Å². The van der Waals surface area contributed by atoms with Crippen LogP contribution >= 0.6 is 0 Å². The Hall–Kier alpha value is -3.32. The smallest absolute Gasteiger partial charge is 0.251 e. The van der Waals surface area contributed by atoms with E-state index in [1.165, 1.54) is 0 Å². The Bertz CT molecular complexity index is 1210. The number of β-amino-alcohol motifs (C(OH)–C–C–N with tert-alkyl or cyclic N) is 1. The predicted octanol–water partition coefficient (Wildman–Crippen LogP) is 2.56. The minimum absolute atomic E-state index is 0.123. The van der Waals surface area contributed by atoms with Crippen LogP contribution in [-0.4, -0.2) is 44.7 Å². The third-order valence-corrected chi connectivity index (χ3v) is 5.64. The van der Waals surface area contributed by atoms with E-state index in [1.807, 2.05) is 60.3 Å². The average Bonchev–Trinajstić information content (AvgIpc) is 3.44. The summed E-state index contributed by atoms with van der Waals surface area (Å²) in [5, 5.41) is 14.0. The molecular weight excluding hydrogens is 366 g/mol. The predicted molar refractivity (Wildman–Crippen MR) is 113 cm³/mol. The molecule has 1 aliphatic heterocycles. The first-order valence-corrected chi connectivity index (χ1v) is 9.82. The summed E-state index contributed by atoms with van der Waals surface area (Å²) >= 11 is 0. The van der Waals surface area contributed by atoms with Crippen molar-refractivity contribution in [2.75, 3.05) is 18.0 Å². The molecule has 2 aromatic carbocycles. The summed E-state index contributed by atoms with van der Waals surface area (Å²) in [6, 6.07) is 13.7. The summed E-state index contributed by atoms with van der Waals surface area (Å²) in [5.74, 6) is 0.704. The first-order valence-electron chi connectivity index (χ1n) is 9.82. The van der Waals surface area contributed by atoms with E-state index >= 15 is 0 Å². The normalized spacial score (nSPS) is 16.8. The molecule has 0 spiro atoms. The van der Waals surface area contributed by atoms with Gasteiger partial charge in [-0.15, -0.1) is 0 Å². The number of carbonyl (C=O) groups excluding carboxylic acids is 1. The van der Waals surface area contributed by atoms with E-state index in [1.54, 1.807) is 0 Å². The molecule has 0 bridgehead atoms. The van der Waals surface area contributed by atoms with Crippen molar-refractivity contribution in [3.05, 3.63) is 59.8 Å². The van der Waals surface area contributed by atoms with Crippen LogP contribution in [0, 0.1) is 0 Å². The maximum absolute atomic E-state index is 12.7. The molecule has 0 saturated carbocycles. The van der Waals surface area contributed by atoms with Crippen LogP contribution < -0.4 is 10.2 Å². The molecule has 3 N–H and O–H groups in total. The van der Waals surface area contributed by atoms with E-state index in [0.29, 0.717) is 18.7 Å². The van der Waals surface area contributed by atoms with E-state index in [0.717, 1.165) is 46.4 Å². The van der Waals surface area contributed by atoms with Gasteiger partial charge in [-0.05, 0) is 47.7 Å². The molecule has 1 aliphatic rings. The molecular formula is C22H23N5O2. The molecule has 1 amide bonds. The van der Waals surface area contributed by atoms with Gasteiger partial charge in [-0.2, -0.15) is 0 Å². The molecule has 7 nitrogen and oxygen atoms in total. The highest BCUT2D eigenvalue weighted by Gasteiger charge is 2.24. The van der Waals surface area contributed by atoms with Gasteiger partial charge in [0, 0.05) is 44.0 Å². The Balaban J connectivity index is 1.34. The number of hydrogen-bond donors (Lipinski definition) is 3. The highest BCUT2D eigenvalue weighted by Crippen LogP contribution is 2.25. The number of nitrogens with zero attached hydrogens (tertiary/aromatic N) is 3. The zero-order valence-corrected chi connectivity index (χ0v) is 16.2. The number of aryl methyl sites for hydroxylation is 1. The Labute approximate surface area is 168 Å². The Morgan fingerprint density at radius 2 is 2.17 bits per heavy atom. The number of aliphatic hydroxyl groups is 1. The summed E-state index contributed by atoms with van der Waals surface area (Å²) < 4.78 is 2.01. The van der Waals surface area contributed by atoms with Crippen LogP contribution in [0.4, 0.5) is 5.95 Å². The van der Waals surface area contributed by atoms with Crippen molar-refractivity contribution in [2.45, 2.75) is 19.1 Å². The average molecular weight is 389 g/mol. The number of H-pyrrole nitrogens is 1. The monoisotopic (exact) mass is 389 g/mol. The molecule has 0 aliphatic carbocycles. The number of rotatable bonds is 4. The Morgan fingerprint density at radius 1 is 1.28 bits per heavy atom. The number of nitrogens with one attached hydrogen (secondary N) is 2. The molecule has 7 heteroatoms. The number of fused-ring (bicyclic) bond motifs is 2. The maximum Gasteiger partial charge on any atom is 0.251 e. The van der Waals surface area contributed by atoms with E-state index in [-0.39, 0.29) is 12.0 Å². The molecule has 1 saturated heterocycles. The third kappa shape index (κ3) is 3.23. The minimum Gasteiger partial charge on any atom is -0.391 e. The van der Waals surface area contributed by atoms with Crippen molar-refractivity contribution in [3.63, 3.8) is 0 Å². The lowest BCUT2D eigenvalue weighted by Crippen LogP contribution is -2.24. The topological polar surface area (TPSA) is 86.2 Å². The van der Waals surface area contributed by atoms with Crippen molar-refractivity contribution in [3.8, 4) is 0 Å². The molecule has 2 aromatic heterocycles. The summed E-state index contributed by atoms with van der Waals surface area (Å²) in [6.07, 6.45) is 2.36. The Kier molecular flexibility index (Phi) is 4.24. The second-order valence-electron chi connectivity index (χ2n) is 7.64. The number of aliphatic hydroxyl groups excluding tert-OH is 1. The molecule has 1 fully saturated rings. The van der Waals surface area contributed by atoms with Gasteiger partial charge in [0.15, 0.2) is 0 Å². The summed E-state index contributed by atoms with van der Waals surface area (Å²) in [6.45, 7) is 1.84. The highest BCUT2D eigenvalue weighted by atomic mass is 16.3. The maximum atomic E-state index is 12.7. The number of amides is 1. The lowest BCUT2D eigenvalue weighted by Gasteiger charge is -2.16. The van der Waals surface area contributed by atoms with Crippen molar-refractivity contribution < 1.29 is 9.90 Å². The number of anilines is 1. The zero-order chi connectivity index (χ0) is 20.0. The van der Waals surface area contributed by atoms with Crippen LogP contribution in [0.1, 0.15) is 22.3 Å². The third-order valence-electron chi connectivity index (χ3n) is 5.64. The first-order chi connectivity index (χ1) is 14.1. The number of hydrogen-bond acceptors (Lipinski definition) is 4. The molecule has 5 rings (SSSR count). The molecule has 1 atom stereocenters. The van der Waals surface area contributed by atoms with Crippen LogP contribution in [0.25, 0.3) is 21.9 Å². The van der Waals surface area contributed by atoms with Gasteiger partial charge in [-0.3, -0.25) is 4.79 Å². The quantitative estimate of drug-likeness (QED) is 0.501. The van der Waals surface area contributed by atoms with Gasteiger partial charge >= 0.3 is 0 Å². The largest absolute Gasteiger partial charge is 0.391 e. The van der Waals surface area contributed by atoms with Crippen molar-refractivity contribution in [2.24, 2.45) is 7.05 Å². The van der Waals surface area contributed by atoms with Crippen LogP contribution in [0.2, 0.25) is 0 Å². The SMILES string of the molecule is Cn1c(N2CC[C@H](O)C2)nc2cc(C(=O)NCc3ccc4cc[nH]c4c3)ccc21. The lowest BCUT2D eigenvalue weighted by atomic mass is 10.1. The number of aromatic amines is 1. The van der Waals surface area contributed by atoms with Crippen LogP contribution in [0.5, 0.6) is 0 Å². The zero-order valence-electron chi connectivity index (χ0n) is 16.2. The number of carbonyl (C=O) groups is 1. The number of benzene rings is 2. The molecule has 148 valence electrons. The van der Waals surface area contributed by atoms with E-state index < -0.39 is 0 Å². The van der Waals surface area contributed by atoms with Crippen LogP contribution in [0.15, 0.2) is 48.7 Å². The summed E-state index contributed by atoms with van der Waals surface area (Å²) in [7, 11) is 1.96. The van der Waals surface area contributed by atoms with Gasteiger partial charge in [0.05, 0.1) is 17.1 Å². The fourth-order valence-corrected chi connectivity index (χ4v) is 4.02. The van der Waals surface area contributed by atoms with E-state index in [9.17, 15) is 9.90 Å². The van der Waals surface area contributed by atoms with Gasteiger partial charge in [0.25, 0.3) is 5.91 Å². The van der Waals surface area contributed by atoms with Gasteiger partial charge < -0.3 is 24.9 Å². The fraction of sp³-hybridized carbons (Fsp3) is 0.273. The number of aromatic nitrogens is 3. The lowest BCUT2D eigenvalue weighted by molar-refractivity contribution is 0.0951. The van der Waals surface area contributed by atoms with Crippen molar-refractivity contribution in [1.82, 2.24) is 19.9 Å².